The Kier molecular flexibility index (Phi) is 5.77. The molecule has 0 saturated carbocycles. The van der Waals surface area contributed by atoms with Gasteiger partial charge in [-0.3, -0.25) is 4.98 Å². The van der Waals surface area contributed by atoms with Gasteiger partial charge in [-0.1, -0.05) is 103 Å². The third-order valence-electron chi connectivity index (χ3n) is 8.95. The van der Waals surface area contributed by atoms with Crippen molar-refractivity contribution in [2.45, 2.75) is 0 Å². The van der Waals surface area contributed by atoms with E-state index in [9.17, 15) is 0 Å². The number of nitrogens with zero attached hydrogens (tertiary/aromatic N) is 4. The first-order chi connectivity index (χ1) is 23.8. The number of rotatable bonds is 4. The molecular weight excluding hydrogens is 592 g/mol. The average molecular weight is 617 g/mol. The monoisotopic (exact) mass is 616 g/mol. The van der Waals surface area contributed by atoms with Crippen molar-refractivity contribution in [1.82, 2.24) is 19.9 Å². The van der Waals surface area contributed by atoms with Gasteiger partial charge in [0.1, 0.15) is 22.3 Å². The molecule has 4 aromatic heterocycles. The maximum atomic E-state index is 6.35. The summed E-state index contributed by atoms with van der Waals surface area (Å²) in [5, 5.41) is 6.31. The van der Waals surface area contributed by atoms with Gasteiger partial charge in [-0.05, 0) is 47.2 Å². The van der Waals surface area contributed by atoms with Crippen LogP contribution in [0, 0.1) is 0 Å². The van der Waals surface area contributed by atoms with Crippen LogP contribution in [0.4, 0.5) is 0 Å². The van der Waals surface area contributed by atoms with Gasteiger partial charge in [0.25, 0.3) is 0 Å². The van der Waals surface area contributed by atoms with E-state index in [1.807, 2.05) is 91.0 Å². The molecule has 48 heavy (non-hydrogen) atoms. The largest absolute Gasteiger partial charge is 0.456 e. The lowest BCUT2D eigenvalue weighted by Gasteiger charge is -2.10. The zero-order valence-electron chi connectivity index (χ0n) is 25.5. The molecule has 10 aromatic rings. The zero-order chi connectivity index (χ0) is 31.6. The summed E-state index contributed by atoms with van der Waals surface area (Å²) in [6.45, 7) is 0. The number of para-hydroxylation sites is 1. The third kappa shape index (κ3) is 4.20. The fourth-order valence-corrected chi connectivity index (χ4v) is 6.73. The highest BCUT2D eigenvalue weighted by Crippen LogP contribution is 2.39. The van der Waals surface area contributed by atoms with Gasteiger partial charge in [0, 0.05) is 44.6 Å². The van der Waals surface area contributed by atoms with Crippen molar-refractivity contribution in [3.8, 4) is 45.4 Å². The minimum absolute atomic E-state index is 0.570. The first-order valence-corrected chi connectivity index (χ1v) is 15.8. The second-order valence-corrected chi connectivity index (χ2v) is 11.9. The van der Waals surface area contributed by atoms with Gasteiger partial charge in [0.05, 0.1) is 11.1 Å². The Bertz CT molecular complexity index is 2850. The van der Waals surface area contributed by atoms with E-state index >= 15 is 0 Å². The lowest BCUT2D eigenvalue weighted by Crippen LogP contribution is -2.00. The Balaban J connectivity index is 1.18. The number of hydrogen-bond acceptors (Lipinski definition) is 6. The average Bonchev–Trinajstić information content (AvgIpc) is 3.72. The number of benzene rings is 6. The molecule has 0 unspecified atom stereocenters. The fraction of sp³-hybridized carbons (Fsp3) is 0. The Morgan fingerprint density at radius 2 is 1.04 bits per heavy atom. The van der Waals surface area contributed by atoms with E-state index in [2.05, 4.69) is 48.5 Å². The SMILES string of the molecule is c1ccc(-c2nc(-c3cccc(-c4nccc5oc6cc7ccccc7cc6c45)c3)nc(-c3cccc4oc5ccccc5c34)n2)cc1. The van der Waals surface area contributed by atoms with Crippen molar-refractivity contribution in [3.63, 3.8) is 0 Å². The fourth-order valence-electron chi connectivity index (χ4n) is 6.73. The maximum Gasteiger partial charge on any atom is 0.164 e. The molecule has 10 rings (SSSR count). The van der Waals surface area contributed by atoms with Crippen LogP contribution in [-0.2, 0) is 0 Å². The summed E-state index contributed by atoms with van der Waals surface area (Å²) in [6, 6.07) is 46.9. The summed E-state index contributed by atoms with van der Waals surface area (Å²) in [6.07, 6.45) is 1.80. The Hall–Kier alpha value is -6.66. The van der Waals surface area contributed by atoms with Crippen molar-refractivity contribution in [3.05, 3.63) is 146 Å². The van der Waals surface area contributed by atoms with E-state index in [1.165, 1.54) is 0 Å². The normalized spacial score (nSPS) is 11.8. The molecule has 6 aromatic carbocycles. The van der Waals surface area contributed by atoms with Gasteiger partial charge in [-0.2, -0.15) is 0 Å². The molecule has 0 saturated heterocycles. The van der Waals surface area contributed by atoms with Gasteiger partial charge in [-0.15, -0.1) is 0 Å². The second-order valence-electron chi connectivity index (χ2n) is 11.9. The molecular formula is C42H24N4O2. The molecule has 0 aliphatic heterocycles. The quantitative estimate of drug-likeness (QED) is 0.196. The number of hydrogen-bond donors (Lipinski definition) is 0. The van der Waals surface area contributed by atoms with E-state index in [4.69, 9.17) is 28.8 Å². The van der Waals surface area contributed by atoms with Gasteiger partial charge in [0.2, 0.25) is 0 Å². The van der Waals surface area contributed by atoms with Crippen LogP contribution >= 0.6 is 0 Å². The van der Waals surface area contributed by atoms with E-state index in [0.29, 0.717) is 17.5 Å². The predicted octanol–water partition coefficient (Wildman–Crippen LogP) is 10.9. The molecule has 0 radical (unpaired) electrons. The topological polar surface area (TPSA) is 77.8 Å². The highest BCUT2D eigenvalue weighted by Gasteiger charge is 2.19. The molecule has 0 atom stereocenters. The molecule has 0 N–H and O–H groups in total. The predicted molar refractivity (Wildman–Crippen MR) is 191 cm³/mol. The minimum Gasteiger partial charge on any atom is -0.456 e. The van der Waals surface area contributed by atoms with Gasteiger partial charge in [-0.25, -0.2) is 15.0 Å². The van der Waals surface area contributed by atoms with Crippen LogP contribution in [0.3, 0.4) is 0 Å². The Morgan fingerprint density at radius 1 is 0.396 bits per heavy atom. The summed E-state index contributed by atoms with van der Waals surface area (Å²) in [5.74, 6) is 1.74. The first kappa shape index (κ1) is 26.5. The van der Waals surface area contributed by atoms with E-state index in [1.54, 1.807) is 6.20 Å². The van der Waals surface area contributed by atoms with Crippen molar-refractivity contribution in [1.29, 1.82) is 0 Å². The molecule has 0 amide bonds. The number of fused-ring (bicyclic) bond motifs is 7. The molecule has 6 nitrogen and oxygen atoms in total. The zero-order valence-corrected chi connectivity index (χ0v) is 25.5. The van der Waals surface area contributed by atoms with Crippen LogP contribution in [-0.4, -0.2) is 19.9 Å². The lowest BCUT2D eigenvalue weighted by atomic mass is 10.0. The van der Waals surface area contributed by atoms with Gasteiger partial charge < -0.3 is 8.83 Å². The van der Waals surface area contributed by atoms with Crippen LogP contribution in [0.5, 0.6) is 0 Å². The summed E-state index contributed by atoms with van der Waals surface area (Å²) in [5.41, 5.74) is 7.69. The maximum absolute atomic E-state index is 6.35. The summed E-state index contributed by atoms with van der Waals surface area (Å²) in [7, 11) is 0. The molecule has 4 heterocycles. The lowest BCUT2D eigenvalue weighted by molar-refractivity contribution is 0.668. The van der Waals surface area contributed by atoms with Crippen molar-refractivity contribution in [2.75, 3.05) is 0 Å². The number of aromatic nitrogens is 4. The van der Waals surface area contributed by atoms with Crippen LogP contribution in [0.25, 0.3) is 100 Å². The van der Waals surface area contributed by atoms with Crippen LogP contribution in [0.2, 0.25) is 0 Å². The Labute approximate surface area is 274 Å². The van der Waals surface area contributed by atoms with Gasteiger partial charge in [0.15, 0.2) is 17.5 Å². The van der Waals surface area contributed by atoms with Crippen molar-refractivity contribution in [2.24, 2.45) is 0 Å². The van der Waals surface area contributed by atoms with E-state index in [-0.39, 0.29) is 0 Å². The second kappa shape index (κ2) is 10.4. The molecule has 0 spiro atoms. The van der Waals surface area contributed by atoms with Crippen LogP contribution in [0.1, 0.15) is 0 Å². The van der Waals surface area contributed by atoms with E-state index < -0.39 is 0 Å². The number of furan rings is 2. The van der Waals surface area contributed by atoms with Crippen LogP contribution in [0.15, 0.2) is 155 Å². The molecule has 0 fully saturated rings. The Morgan fingerprint density at radius 3 is 1.94 bits per heavy atom. The van der Waals surface area contributed by atoms with Gasteiger partial charge >= 0.3 is 0 Å². The number of pyridine rings is 1. The summed E-state index contributed by atoms with van der Waals surface area (Å²) >= 11 is 0. The van der Waals surface area contributed by atoms with Crippen LogP contribution < -0.4 is 0 Å². The first-order valence-electron chi connectivity index (χ1n) is 15.8. The van der Waals surface area contributed by atoms with Crippen molar-refractivity contribution < 1.29 is 8.83 Å². The smallest absolute Gasteiger partial charge is 0.164 e. The summed E-state index contributed by atoms with van der Waals surface area (Å²) < 4.78 is 12.6. The van der Waals surface area contributed by atoms with E-state index in [0.717, 1.165) is 82.6 Å². The molecule has 0 aliphatic carbocycles. The van der Waals surface area contributed by atoms with Crippen molar-refractivity contribution >= 4 is 54.6 Å². The molecule has 6 heteroatoms. The molecule has 0 bridgehead atoms. The highest BCUT2D eigenvalue weighted by atomic mass is 16.3. The molecule has 224 valence electrons. The third-order valence-corrected chi connectivity index (χ3v) is 8.95. The highest BCUT2D eigenvalue weighted by molar-refractivity contribution is 6.15. The standard InChI is InChI=1S/C42H24N4O2/c1-2-10-25(11-3-1)40-44-41(46-42(45-40)31-17-9-19-34-37(31)30-16-6-7-18-33(30)47-34)29-15-8-14-28(22-29)39-38-32-23-26-12-4-5-13-27(26)24-36(32)48-35(38)20-21-43-39/h1-24H. The molecule has 0 aliphatic rings. The summed E-state index contributed by atoms with van der Waals surface area (Å²) in [4.78, 5) is 20.0. The minimum atomic E-state index is 0.570.